The second-order valence-electron chi connectivity index (χ2n) is 7.75. The average molecular weight is 422 g/mol. The Kier molecular flexibility index (Phi) is 7.23. The first-order valence-electron chi connectivity index (χ1n) is 9.06. The van der Waals surface area contributed by atoms with Crippen molar-refractivity contribution in [3.63, 3.8) is 0 Å². The predicted octanol–water partition coefficient (Wildman–Crippen LogP) is 0.964. The van der Waals surface area contributed by atoms with E-state index >= 15 is 0 Å². The van der Waals surface area contributed by atoms with E-state index in [0.29, 0.717) is 28.2 Å². The maximum absolute atomic E-state index is 12.7. The highest BCUT2D eigenvalue weighted by atomic mass is 32.2. The van der Waals surface area contributed by atoms with Gasteiger partial charge in [0.25, 0.3) is 0 Å². The van der Waals surface area contributed by atoms with Gasteiger partial charge in [-0.1, -0.05) is 18.2 Å². The van der Waals surface area contributed by atoms with Gasteiger partial charge in [-0.3, -0.25) is 4.31 Å². The van der Waals surface area contributed by atoms with E-state index in [9.17, 15) is 18.3 Å². The van der Waals surface area contributed by atoms with E-state index in [1.165, 1.54) is 7.05 Å². The smallest absolute Gasteiger partial charge is 0.301 e. The van der Waals surface area contributed by atoms with E-state index in [1.54, 1.807) is 24.3 Å². The Morgan fingerprint density at radius 1 is 1.07 bits per heavy atom. The van der Waals surface area contributed by atoms with Crippen molar-refractivity contribution in [1.29, 1.82) is 0 Å². The minimum Gasteiger partial charge on any atom is -0.550 e. The zero-order valence-corrected chi connectivity index (χ0v) is 17.8. The fraction of sp³-hybridized carbons (Fsp3) is 0.350. The molecule has 0 bridgehead atoms. The van der Waals surface area contributed by atoms with Crippen molar-refractivity contribution < 1.29 is 27.5 Å². The largest absolute Gasteiger partial charge is 0.550 e. The number of ether oxygens (including phenoxy) is 1. The van der Waals surface area contributed by atoms with Crippen LogP contribution in [0.15, 0.2) is 54.6 Å². The minimum atomic E-state index is -3.96. The highest BCUT2D eigenvalue weighted by Gasteiger charge is 2.27. The van der Waals surface area contributed by atoms with E-state index in [2.05, 4.69) is 4.72 Å². The molecule has 0 fully saturated rings. The lowest BCUT2D eigenvalue weighted by molar-refractivity contribution is -0.871. The normalized spacial score (nSPS) is 13.0. The third-order valence-electron chi connectivity index (χ3n) is 4.04. The second kappa shape index (κ2) is 9.25. The van der Waals surface area contributed by atoms with Crippen molar-refractivity contribution in [2.24, 2.45) is 0 Å². The van der Waals surface area contributed by atoms with E-state index in [4.69, 9.17) is 4.74 Å². The first-order valence-corrected chi connectivity index (χ1v) is 10.5. The third kappa shape index (κ3) is 7.37. The molecular weight excluding hydrogens is 394 g/mol. The van der Waals surface area contributed by atoms with Crippen LogP contribution in [0.1, 0.15) is 6.42 Å². The first kappa shape index (κ1) is 22.7. The Balaban J connectivity index is 2.11. The van der Waals surface area contributed by atoms with Crippen LogP contribution in [-0.4, -0.2) is 59.6 Å². The molecule has 0 aliphatic rings. The molecule has 0 amide bonds. The highest BCUT2D eigenvalue weighted by molar-refractivity contribution is 7.90. The summed E-state index contributed by atoms with van der Waals surface area (Å²) in [6.07, 6.45) is -0.410. The van der Waals surface area contributed by atoms with Crippen LogP contribution in [0.2, 0.25) is 0 Å². The highest BCUT2D eigenvalue weighted by Crippen LogP contribution is 2.24. The zero-order valence-electron chi connectivity index (χ0n) is 17.0. The summed E-state index contributed by atoms with van der Waals surface area (Å²) in [7, 11) is 3.00. The number of para-hydroxylation sites is 1. The van der Waals surface area contributed by atoms with Crippen molar-refractivity contribution in [1.82, 2.24) is 4.72 Å². The number of rotatable bonds is 10. The van der Waals surface area contributed by atoms with Gasteiger partial charge < -0.3 is 19.1 Å². The second-order valence-corrected chi connectivity index (χ2v) is 9.48. The van der Waals surface area contributed by atoms with Gasteiger partial charge in [0.2, 0.25) is 0 Å². The number of quaternary nitrogens is 1. The molecule has 0 spiro atoms. The lowest BCUT2D eigenvalue weighted by atomic mass is 10.2. The lowest BCUT2D eigenvalue weighted by Crippen LogP contribution is -2.53. The van der Waals surface area contributed by atoms with E-state index in [-0.39, 0.29) is 0 Å². The summed E-state index contributed by atoms with van der Waals surface area (Å²) >= 11 is 0. The van der Waals surface area contributed by atoms with Gasteiger partial charge >= 0.3 is 10.2 Å². The zero-order chi connectivity index (χ0) is 21.7. The summed E-state index contributed by atoms with van der Waals surface area (Å²) in [5.74, 6) is -0.0666. The van der Waals surface area contributed by atoms with Crippen molar-refractivity contribution in [2.75, 3.05) is 39.0 Å². The summed E-state index contributed by atoms with van der Waals surface area (Å²) in [5.41, 5.74) is 0.412. The number of carbonyl (C=O) groups is 1. The van der Waals surface area contributed by atoms with E-state index in [0.717, 1.165) is 4.31 Å². The molecule has 0 heterocycles. The Labute approximate surface area is 172 Å². The fourth-order valence-electron chi connectivity index (χ4n) is 2.78. The van der Waals surface area contributed by atoms with Crippen LogP contribution in [0, 0.1) is 0 Å². The van der Waals surface area contributed by atoms with Crippen molar-refractivity contribution in [3.8, 4) is 11.5 Å². The first-order chi connectivity index (χ1) is 13.5. The molecular formula is C20H27N3O5S. The molecule has 0 radical (unpaired) electrons. The lowest BCUT2D eigenvalue weighted by Gasteiger charge is -2.31. The number of hydrogen-bond donors (Lipinski definition) is 1. The Morgan fingerprint density at radius 2 is 1.62 bits per heavy atom. The van der Waals surface area contributed by atoms with Crippen molar-refractivity contribution >= 4 is 21.9 Å². The summed E-state index contributed by atoms with van der Waals surface area (Å²) in [6.45, 7) is 0.297. The quantitative estimate of drug-likeness (QED) is 0.576. The van der Waals surface area contributed by atoms with Gasteiger partial charge in [-0.05, 0) is 36.4 Å². The topological polar surface area (TPSA) is 98.8 Å². The SMILES string of the molecule is CN(c1ccc(Oc2ccccc2)cc1)S(=O)(=O)N[C@H](CC(=O)[O-])C[N+](C)(C)C. The summed E-state index contributed by atoms with van der Waals surface area (Å²) in [4.78, 5) is 11.0. The van der Waals surface area contributed by atoms with Gasteiger partial charge in [0.15, 0.2) is 0 Å². The van der Waals surface area contributed by atoms with Crippen LogP contribution in [0.5, 0.6) is 11.5 Å². The molecule has 0 saturated carbocycles. The van der Waals surface area contributed by atoms with Crippen molar-refractivity contribution in [3.05, 3.63) is 54.6 Å². The summed E-state index contributed by atoms with van der Waals surface area (Å²) in [6, 6.07) is 15.0. The molecule has 29 heavy (non-hydrogen) atoms. The van der Waals surface area contributed by atoms with Crippen LogP contribution in [0.3, 0.4) is 0 Å². The molecule has 0 aliphatic carbocycles. The van der Waals surface area contributed by atoms with Crippen LogP contribution in [0.4, 0.5) is 5.69 Å². The third-order valence-corrected chi connectivity index (χ3v) is 5.60. The Morgan fingerprint density at radius 3 is 2.14 bits per heavy atom. The number of nitrogens with zero attached hydrogens (tertiary/aromatic N) is 2. The minimum absolute atomic E-state index is 0.297. The molecule has 0 aromatic heterocycles. The van der Waals surface area contributed by atoms with E-state index < -0.39 is 28.6 Å². The van der Waals surface area contributed by atoms with Crippen molar-refractivity contribution in [2.45, 2.75) is 12.5 Å². The standard InChI is InChI=1S/C20H27N3O5S/c1-22(29(26,27)21-16(14-20(24)25)15-23(2,3)4)17-10-12-19(13-11-17)28-18-8-6-5-7-9-18/h5-13,16,21H,14-15H2,1-4H3/t16-/m1/s1. The summed E-state index contributed by atoms with van der Waals surface area (Å²) < 4.78 is 35.1. The Hall–Kier alpha value is -2.62. The number of likely N-dealkylation sites (N-methyl/N-ethyl adjacent to an activating group) is 1. The Bertz CT molecular complexity index is 909. The van der Waals surface area contributed by atoms with Crippen LogP contribution in [-0.2, 0) is 15.0 Å². The van der Waals surface area contributed by atoms with Crippen LogP contribution in [0.25, 0.3) is 0 Å². The molecule has 1 N–H and O–H groups in total. The van der Waals surface area contributed by atoms with Gasteiger partial charge in [0, 0.05) is 19.4 Å². The average Bonchev–Trinajstić information content (AvgIpc) is 2.60. The maximum atomic E-state index is 12.7. The number of carboxylic acid groups (broad SMARTS) is 1. The number of carboxylic acids is 1. The number of anilines is 1. The van der Waals surface area contributed by atoms with Gasteiger partial charge in [-0.2, -0.15) is 13.1 Å². The maximum Gasteiger partial charge on any atom is 0.301 e. The molecule has 9 heteroatoms. The molecule has 0 saturated heterocycles. The van der Waals surface area contributed by atoms with Crippen LogP contribution < -0.4 is 18.9 Å². The number of carbonyl (C=O) groups excluding carboxylic acids is 1. The number of hydrogen-bond acceptors (Lipinski definition) is 5. The molecule has 1 atom stereocenters. The number of aliphatic carboxylic acids is 1. The monoisotopic (exact) mass is 421 g/mol. The molecule has 8 nitrogen and oxygen atoms in total. The molecule has 158 valence electrons. The number of benzene rings is 2. The summed E-state index contributed by atoms with van der Waals surface area (Å²) in [5, 5.41) is 11.0. The molecule has 0 unspecified atom stereocenters. The molecule has 2 rings (SSSR count). The van der Waals surface area contributed by atoms with Crippen LogP contribution >= 0.6 is 0 Å². The molecule has 2 aromatic carbocycles. The molecule has 2 aromatic rings. The fourth-order valence-corrected chi connectivity index (χ4v) is 3.92. The van der Waals surface area contributed by atoms with E-state index in [1.807, 2.05) is 51.5 Å². The predicted molar refractivity (Wildman–Crippen MR) is 110 cm³/mol. The van der Waals surface area contributed by atoms with Gasteiger partial charge in [-0.15, -0.1) is 0 Å². The molecule has 0 aliphatic heterocycles. The van der Waals surface area contributed by atoms with Gasteiger partial charge in [0.1, 0.15) is 11.5 Å². The van der Waals surface area contributed by atoms with Gasteiger partial charge in [0.05, 0.1) is 39.4 Å². The van der Waals surface area contributed by atoms with Gasteiger partial charge in [-0.25, -0.2) is 0 Å². The number of nitrogens with one attached hydrogen (secondary N) is 1.